The lowest BCUT2D eigenvalue weighted by molar-refractivity contribution is -0.124. The first-order chi connectivity index (χ1) is 13.6. The first-order valence-corrected chi connectivity index (χ1v) is 10.3. The van der Waals surface area contributed by atoms with Crippen LogP contribution in [0.3, 0.4) is 0 Å². The fraction of sp³-hybridized carbons (Fsp3) is 0.458. The first kappa shape index (κ1) is 20.6. The Bertz CT molecular complexity index is 745. The zero-order valence-corrected chi connectivity index (χ0v) is 17.1. The molecule has 150 valence electrons. The minimum atomic E-state index is 0.121. The molecule has 3 rings (SSSR count). The van der Waals surface area contributed by atoms with E-state index in [9.17, 15) is 4.79 Å². The largest absolute Gasteiger partial charge is 0.372 e. The van der Waals surface area contributed by atoms with E-state index < -0.39 is 0 Å². The summed E-state index contributed by atoms with van der Waals surface area (Å²) in [5, 5.41) is 3.12. The number of hydrogen-bond acceptors (Lipinski definition) is 3. The third kappa shape index (κ3) is 6.47. The van der Waals surface area contributed by atoms with Crippen LogP contribution in [-0.2, 0) is 29.3 Å². The lowest BCUT2D eigenvalue weighted by atomic mass is 10.1. The summed E-state index contributed by atoms with van der Waals surface area (Å²) in [4.78, 5) is 14.9. The molecule has 1 aliphatic heterocycles. The minimum absolute atomic E-state index is 0.121. The predicted octanol–water partition coefficient (Wildman–Crippen LogP) is 4.00. The zero-order chi connectivity index (χ0) is 19.8. The number of carbonyl (C=O) groups excluding carboxylic acids is 1. The van der Waals surface area contributed by atoms with Crippen LogP contribution in [-0.4, -0.2) is 30.4 Å². The van der Waals surface area contributed by atoms with E-state index in [-0.39, 0.29) is 11.8 Å². The molecule has 0 radical (unpaired) electrons. The smallest absolute Gasteiger partial charge is 0.224 e. The quantitative estimate of drug-likeness (QED) is 0.715. The Kier molecular flexibility index (Phi) is 7.63. The van der Waals surface area contributed by atoms with Gasteiger partial charge in [0.25, 0.3) is 0 Å². The third-order valence-electron chi connectivity index (χ3n) is 5.10. The maximum atomic E-state index is 12.5. The van der Waals surface area contributed by atoms with Crippen LogP contribution in [0.5, 0.6) is 0 Å². The number of hydrogen-bond donors (Lipinski definition) is 1. The summed E-state index contributed by atoms with van der Waals surface area (Å²) in [6.07, 6.45) is 0.964. The van der Waals surface area contributed by atoms with Crippen LogP contribution in [0.15, 0.2) is 54.6 Å². The van der Waals surface area contributed by atoms with Crippen LogP contribution >= 0.6 is 0 Å². The normalized spacial score (nSPS) is 17.2. The van der Waals surface area contributed by atoms with E-state index in [0.29, 0.717) is 25.7 Å². The Morgan fingerprint density at radius 1 is 1.07 bits per heavy atom. The Hall–Kier alpha value is -2.17. The molecule has 0 bridgehead atoms. The molecule has 1 fully saturated rings. The fourth-order valence-electron chi connectivity index (χ4n) is 3.75. The van der Waals surface area contributed by atoms with E-state index >= 15 is 0 Å². The first-order valence-electron chi connectivity index (χ1n) is 10.3. The van der Waals surface area contributed by atoms with E-state index in [1.54, 1.807) is 0 Å². The second kappa shape index (κ2) is 10.4. The van der Waals surface area contributed by atoms with Gasteiger partial charge in [0.2, 0.25) is 5.91 Å². The summed E-state index contributed by atoms with van der Waals surface area (Å²) in [6, 6.07) is 18.5. The highest BCUT2D eigenvalue weighted by Gasteiger charge is 2.28. The number of likely N-dealkylation sites (tertiary alicyclic amines) is 1. The summed E-state index contributed by atoms with van der Waals surface area (Å²) >= 11 is 0. The van der Waals surface area contributed by atoms with Crippen molar-refractivity contribution in [1.82, 2.24) is 10.2 Å². The van der Waals surface area contributed by atoms with Crippen molar-refractivity contribution >= 4 is 5.91 Å². The van der Waals surface area contributed by atoms with Crippen LogP contribution < -0.4 is 5.32 Å². The Balaban J connectivity index is 1.42. The van der Waals surface area contributed by atoms with Crippen molar-refractivity contribution in [3.8, 4) is 0 Å². The third-order valence-corrected chi connectivity index (χ3v) is 5.10. The summed E-state index contributed by atoms with van der Waals surface area (Å²) in [5.74, 6) is 0.946. The van der Waals surface area contributed by atoms with Gasteiger partial charge >= 0.3 is 0 Å². The van der Waals surface area contributed by atoms with Gasteiger partial charge in [0.15, 0.2) is 0 Å². The van der Waals surface area contributed by atoms with Crippen molar-refractivity contribution in [2.24, 2.45) is 11.8 Å². The average molecular weight is 381 g/mol. The molecule has 2 aromatic rings. The van der Waals surface area contributed by atoms with Crippen LogP contribution in [0, 0.1) is 11.8 Å². The number of benzene rings is 2. The van der Waals surface area contributed by atoms with Gasteiger partial charge in [-0.15, -0.1) is 0 Å². The molecule has 0 aliphatic carbocycles. The molecule has 1 amide bonds. The summed E-state index contributed by atoms with van der Waals surface area (Å²) in [7, 11) is 0. The Morgan fingerprint density at radius 2 is 1.79 bits per heavy atom. The number of ether oxygens (including phenoxy) is 1. The summed E-state index contributed by atoms with van der Waals surface area (Å²) < 4.78 is 5.82. The van der Waals surface area contributed by atoms with Crippen molar-refractivity contribution in [3.63, 3.8) is 0 Å². The lowest BCUT2D eigenvalue weighted by Gasteiger charge is -2.18. The monoisotopic (exact) mass is 380 g/mol. The van der Waals surface area contributed by atoms with E-state index in [0.717, 1.165) is 37.2 Å². The van der Waals surface area contributed by atoms with Crippen LogP contribution in [0.2, 0.25) is 0 Å². The molecule has 1 atom stereocenters. The van der Waals surface area contributed by atoms with E-state index in [2.05, 4.69) is 54.4 Å². The number of nitrogens with zero attached hydrogens (tertiary/aromatic N) is 1. The molecule has 4 nitrogen and oxygen atoms in total. The molecule has 0 aromatic heterocycles. The molecule has 4 heteroatoms. The van der Waals surface area contributed by atoms with E-state index in [1.807, 2.05) is 24.3 Å². The van der Waals surface area contributed by atoms with Gasteiger partial charge in [-0.3, -0.25) is 4.79 Å². The zero-order valence-electron chi connectivity index (χ0n) is 17.1. The van der Waals surface area contributed by atoms with Gasteiger partial charge in [0, 0.05) is 19.6 Å². The highest BCUT2D eigenvalue weighted by Crippen LogP contribution is 2.18. The van der Waals surface area contributed by atoms with Gasteiger partial charge < -0.3 is 15.0 Å². The summed E-state index contributed by atoms with van der Waals surface area (Å²) in [6.45, 7) is 9.20. The van der Waals surface area contributed by atoms with Gasteiger partial charge in [-0.1, -0.05) is 68.4 Å². The number of amides is 1. The van der Waals surface area contributed by atoms with Crippen molar-refractivity contribution < 1.29 is 9.53 Å². The minimum Gasteiger partial charge on any atom is -0.372 e. The maximum Gasteiger partial charge on any atom is 0.224 e. The highest BCUT2D eigenvalue weighted by atomic mass is 16.5. The highest BCUT2D eigenvalue weighted by molar-refractivity contribution is 5.79. The lowest BCUT2D eigenvalue weighted by Crippen LogP contribution is -2.33. The van der Waals surface area contributed by atoms with Crippen LogP contribution in [0.1, 0.15) is 37.0 Å². The van der Waals surface area contributed by atoms with Crippen LogP contribution in [0.4, 0.5) is 0 Å². The molecular formula is C24H32N2O2. The average Bonchev–Trinajstić information content (AvgIpc) is 3.15. The fourth-order valence-corrected chi connectivity index (χ4v) is 3.75. The Morgan fingerprint density at radius 3 is 2.57 bits per heavy atom. The topological polar surface area (TPSA) is 41.6 Å². The number of nitrogens with one attached hydrogen (secondary N) is 1. The van der Waals surface area contributed by atoms with Crippen molar-refractivity contribution in [2.45, 2.75) is 40.0 Å². The van der Waals surface area contributed by atoms with Gasteiger partial charge in [0.1, 0.15) is 0 Å². The molecule has 2 aromatic carbocycles. The molecule has 1 saturated heterocycles. The van der Waals surface area contributed by atoms with Gasteiger partial charge in [-0.25, -0.2) is 0 Å². The van der Waals surface area contributed by atoms with E-state index in [4.69, 9.17) is 4.74 Å². The molecule has 1 heterocycles. The number of carbonyl (C=O) groups is 1. The molecular weight excluding hydrogens is 348 g/mol. The van der Waals surface area contributed by atoms with Crippen molar-refractivity contribution in [1.29, 1.82) is 0 Å². The van der Waals surface area contributed by atoms with Gasteiger partial charge in [-0.05, 0) is 35.6 Å². The van der Waals surface area contributed by atoms with E-state index in [1.165, 1.54) is 5.56 Å². The molecule has 0 spiro atoms. The molecule has 1 aliphatic rings. The van der Waals surface area contributed by atoms with Crippen molar-refractivity contribution in [3.05, 3.63) is 71.3 Å². The maximum absolute atomic E-state index is 12.5. The second-order valence-corrected chi connectivity index (χ2v) is 8.16. The van der Waals surface area contributed by atoms with Gasteiger partial charge in [0.05, 0.1) is 19.1 Å². The molecule has 28 heavy (non-hydrogen) atoms. The number of rotatable bonds is 9. The predicted molar refractivity (Wildman–Crippen MR) is 113 cm³/mol. The van der Waals surface area contributed by atoms with Crippen LogP contribution in [0.25, 0.3) is 0 Å². The SMILES string of the molecule is CC(C)CN1CC[C@H](C(=O)NCc2cccc(COCc3ccccc3)c2)C1. The molecule has 0 unspecified atom stereocenters. The Labute approximate surface area is 168 Å². The standard InChI is InChI=1S/C24H32N2O2/c1-19(2)15-26-12-11-23(16-26)24(27)25-14-21-9-6-10-22(13-21)18-28-17-20-7-4-3-5-8-20/h3-10,13,19,23H,11-12,14-18H2,1-2H3,(H,25,27)/t23-/m0/s1. The van der Waals surface area contributed by atoms with Gasteiger partial charge in [-0.2, -0.15) is 0 Å². The second-order valence-electron chi connectivity index (χ2n) is 8.16. The summed E-state index contributed by atoms with van der Waals surface area (Å²) in [5.41, 5.74) is 3.42. The molecule has 1 N–H and O–H groups in total. The van der Waals surface area contributed by atoms with Crippen molar-refractivity contribution in [2.75, 3.05) is 19.6 Å². The molecule has 0 saturated carbocycles.